The molecule has 0 heterocycles. The number of hydrogen-bond acceptors (Lipinski definition) is 3. The van der Waals surface area contributed by atoms with E-state index in [1.165, 1.54) is 0 Å². The maximum Gasteiger partial charge on any atom is 0.161 e. The smallest absolute Gasteiger partial charge is 0.161 e. The molecule has 0 bridgehead atoms. The standard InChI is InChI=1S/C20H23ClO3/c1-4-6-16-7-9-19(20(14-16)22-3)24-12-5-11-23-18-10-8-17(21)13-15(18)2/h4,7-10,13-14H,1,5-6,11-12H2,2-3H3. The van der Waals surface area contributed by atoms with Crippen LogP contribution in [-0.2, 0) is 6.42 Å². The normalized spacial score (nSPS) is 10.3. The number of aryl methyl sites for hydroxylation is 1. The SMILES string of the molecule is C=CCc1ccc(OCCCOc2ccc(Cl)cc2C)c(OC)c1. The summed E-state index contributed by atoms with van der Waals surface area (Å²) in [4.78, 5) is 0. The third-order valence-electron chi connectivity index (χ3n) is 3.55. The summed E-state index contributed by atoms with van der Waals surface area (Å²) in [6, 6.07) is 11.5. The minimum atomic E-state index is 0.559. The van der Waals surface area contributed by atoms with E-state index < -0.39 is 0 Å². The lowest BCUT2D eigenvalue weighted by Crippen LogP contribution is -2.06. The van der Waals surface area contributed by atoms with Gasteiger partial charge >= 0.3 is 0 Å². The molecular weight excluding hydrogens is 324 g/mol. The van der Waals surface area contributed by atoms with E-state index in [4.69, 9.17) is 25.8 Å². The number of allylic oxidation sites excluding steroid dienone is 1. The Bertz CT molecular complexity index is 683. The van der Waals surface area contributed by atoms with Crippen LogP contribution in [0.25, 0.3) is 0 Å². The van der Waals surface area contributed by atoms with Gasteiger partial charge in [0, 0.05) is 11.4 Å². The molecule has 0 saturated carbocycles. The molecule has 0 aromatic heterocycles. The zero-order valence-corrected chi connectivity index (χ0v) is 14.9. The molecule has 3 nitrogen and oxygen atoms in total. The average Bonchev–Trinajstić information content (AvgIpc) is 2.57. The van der Waals surface area contributed by atoms with Gasteiger partial charge in [0.1, 0.15) is 5.75 Å². The van der Waals surface area contributed by atoms with Crippen molar-refractivity contribution in [3.63, 3.8) is 0 Å². The Morgan fingerprint density at radius 2 is 1.71 bits per heavy atom. The minimum absolute atomic E-state index is 0.559. The van der Waals surface area contributed by atoms with Crippen LogP contribution in [0.3, 0.4) is 0 Å². The molecule has 0 aliphatic heterocycles. The predicted octanol–water partition coefficient (Wildman–Crippen LogP) is 5.23. The molecule has 0 amide bonds. The van der Waals surface area contributed by atoms with Crippen molar-refractivity contribution in [2.24, 2.45) is 0 Å². The highest BCUT2D eigenvalue weighted by molar-refractivity contribution is 6.30. The Morgan fingerprint density at radius 1 is 1.00 bits per heavy atom. The number of rotatable bonds is 9. The van der Waals surface area contributed by atoms with Gasteiger partial charge in [-0.2, -0.15) is 0 Å². The summed E-state index contributed by atoms with van der Waals surface area (Å²) in [5, 5.41) is 0.718. The van der Waals surface area contributed by atoms with Crippen LogP contribution in [0.4, 0.5) is 0 Å². The van der Waals surface area contributed by atoms with E-state index >= 15 is 0 Å². The highest BCUT2D eigenvalue weighted by Gasteiger charge is 2.06. The summed E-state index contributed by atoms with van der Waals surface area (Å²) in [5.74, 6) is 2.34. The van der Waals surface area contributed by atoms with Gasteiger partial charge in [0.25, 0.3) is 0 Å². The second kappa shape index (κ2) is 9.24. The van der Waals surface area contributed by atoms with Crippen molar-refractivity contribution in [2.75, 3.05) is 20.3 Å². The molecule has 0 N–H and O–H groups in total. The van der Waals surface area contributed by atoms with E-state index in [2.05, 4.69) is 6.58 Å². The van der Waals surface area contributed by atoms with Gasteiger partial charge in [0.15, 0.2) is 11.5 Å². The lowest BCUT2D eigenvalue weighted by Gasteiger charge is -2.13. The molecule has 2 rings (SSSR count). The monoisotopic (exact) mass is 346 g/mol. The molecule has 0 atom stereocenters. The Labute approximate surface area is 148 Å². The maximum atomic E-state index is 5.94. The van der Waals surface area contributed by atoms with Crippen molar-refractivity contribution in [3.05, 3.63) is 65.2 Å². The molecule has 2 aromatic carbocycles. The molecule has 0 aliphatic carbocycles. The van der Waals surface area contributed by atoms with Crippen molar-refractivity contribution >= 4 is 11.6 Å². The number of ether oxygens (including phenoxy) is 3. The van der Waals surface area contributed by atoms with E-state index in [-0.39, 0.29) is 0 Å². The van der Waals surface area contributed by atoms with E-state index in [1.807, 2.05) is 49.4 Å². The highest BCUT2D eigenvalue weighted by Crippen LogP contribution is 2.28. The zero-order valence-electron chi connectivity index (χ0n) is 14.2. The van der Waals surface area contributed by atoms with Crippen LogP contribution in [0.1, 0.15) is 17.5 Å². The van der Waals surface area contributed by atoms with Crippen LogP contribution in [0.15, 0.2) is 49.1 Å². The topological polar surface area (TPSA) is 27.7 Å². The van der Waals surface area contributed by atoms with Crippen LogP contribution in [0, 0.1) is 6.92 Å². The number of benzene rings is 2. The van der Waals surface area contributed by atoms with Crippen LogP contribution in [0.2, 0.25) is 5.02 Å². The average molecular weight is 347 g/mol. The Morgan fingerprint density at radius 3 is 2.38 bits per heavy atom. The molecule has 0 radical (unpaired) electrons. The van der Waals surface area contributed by atoms with Crippen LogP contribution in [0.5, 0.6) is 17.2 Å². The Balaban J connectivity index is 1.80. The molecule has 0 saturated heterocycles. The molecule has 0 unspecified atom stereocenters. The molecule has 128 valence electrons. The number of hydrogen-bond donors (Lipinski definition) is 0. The number of halogens is 1. The fraction of sp³-hybridized carbons (Fsp3) is 0.300. The molecule has 0 fully saturated rings. The summed E-state index contributed by atoms with van der Waals surface area (Å²) in [6.07, 6.45) is 3.45. The highest BCUT2D eigenvalue weighted by atomic mass is 35.5. The third kappa shape index (κ3) is 5.20. The summed E-state index contributed by atoms with van der Waals surface area (Å²) >= 11 is 5.94. The molecule has 4 heteroatoms. The van der Waals surface area contributed by atoms with Crippen molar-refractivity contribution in [1.29, 1.82) is 0 Å². The zero-order chi connectivity index (χ0) is 17.4. The summed E-state index contributed by atoms with van der Waals surface area (Å²) in [6.45, 7) is 6.87. The first-order valence-corrected chi connectivity index (χ1v) is 8.31. The molecule has 2 aromatic rings. The van der Waals surface area contributed by atoms with E-state index in [0.717, 1.165) is 46.2 Å². The molecule has 0 aliphatic rings. The Kier molecular flexibility index (Phi) is 7.01. The third-order valence-corrected chi connectivity index (χ3v) is 3.78. The minimum Gasteiger partial charge on any atom is -0.493 e. The summed E-state index contributed by atoms with van der Waals surface area (Å²) in [7, 11) is 1.65. The quantitative estimate of drug-likeness (QED) is 0.459. The second-order valence-corrected chi connectivity index (χ2v) is 5.87. The largest absolute Gasteiger partial charge is 0.493 e. The van der Waals surface area contributed by atoms with Crippen molar-refractivity contribution in [3.8, 4) is 17.2 Å². The molecule has 0 spiro atoms. The van der Waals surface area contributed by atoms with Gasteiger partial charge in [0.2, 0.25) is 0 Å². The first-order valence-electron chi connectivity index (χ1n) is 7.93. The Hall–Kier alpha value is -2.13. The lowest BCUT2D eigenvalue weighted by atomic mass is 10.1. The van der Waals surface area contributed by atoms with Gasteiger partial charge in [0.05, 0.1) is 20.3 Å². The van der Waals surface area contributed by atoms with E-state index in [9.17, 15) is 0 Å². The van der Waals surface area contributed by atoms with Gasteiger partial charge in [-0.25, -0.2) is 0 Å². The fourth-order valence-corrected chi connectivity index (χ4v) is 2.55. The lowest BCUT2D eigenvalue weighted by molar-refractivity contribution is 0.239. The maximum absolute atomic E-state index is 5.94. The van der Waals surface area contributed by atoms with Crippen LogP contribution >= 0.6 is 11.6 Å². The first-order chi connectivity index (χ1) is 11.6. The van der Waals surface area contributed by atoms with Gasteiger partial charge in [-0.1, -0.05) is 23.7 Å². The molecule has 24 heavy (non-hydrogen) atoms. The van der Waals surface area contributed by atoms with E-state index in [1.54, 1.807) is 7.11 Å². The first kappa shape index (κ1) is 18.2. The predicted molar refractivity (Wildman–Crippen MR) is 98.7 cm³/mol. The summed E-state index contributed by atoms with van der Waals surface area (Å²) < 4.78 is 16.9. The second-order valence-electron chi connectivity index (χ2n) is 5.44. The van der Waals surface area contributed by atoms with Crippen molar-refractivity contribution < 1.29 is 14.2 Å². The number of methoxy groups -OCH3 is 1. The summed E-state index contributed by atoms with van der Waals surface area (Å²) in [5.41, 5.74) is 2.18. The van der Waals surface area contributed by atoms with Gasteiger partial charge in [-0.15, -0.1) is 6.58 Å². The van der Waals surface area contributed by atoms with Gasteiger partial charge in [-0.05, 0) is 54.8 Å². The van der Waals surface area contributed by atoms with Crippen molar-refractivity contribution in [1.82, 2.24) is 0 Å². The van der Waals surface area contributed by atoms with Gasteiger partial charge in [-0.3, -0.25) is 0 Å². The van der Waals surface area contributed by atoms with Crippen LogP contribution < -0.4 is 14.2 Å². The van der Waals surface area contributed by atoms with E-state index in [0.29, 0.717) is 13.2 Å². The van der Waals surface area contributed by atoms with Crippen LogP contribution in [-0.4, -0.2) is 20.3 Å². The molecular formula is C20H23ClO3. The van der Waals surface area contributed by atoms with Crippen molar-refractivity contribution in [2.45, 2.75) is 19.8 Å². The fourth-order valence-electron chi connectivity index (χ4n) is 2.32. The van der Waals surface area contributed by atoms with Gasteiger partial charge < -0.3 is 14.2 Å².